The van der Waals surface area contributed by atoms with Crippen molar-refractivity contribution in [1.82, 2.24) is 4.98 Å². The van der Waals surface area contributed by atoms with Gasteiger partial charge in [-0.3, -0.25) is 5.43 Å². The summed E-state index contributed by atoms with van der Waals surface area (Å²) in [6.45, 7) is 0.479. The molecule has 0 aliphatic carbocycles. The first-order valence-electron chi connectivity index (χ1n) is 8.49. The van der Waals surface area contributed by atoms with Gasteiger partial charge in [0.1, 0.15) is 12.4 Å². The summed E-state index contributed by atoms with van der Waals surface area (Å²) >= 11 is 8.67. The van der Waals surface area contributed by atoms with Crippen molar-refractivity contribution in [2.75, 3.05) is 5.43 Å². The van der Waals surface area contributed by atoms with E-state index in [1.54, 1.807) is 17.6 Å². The summed E-state index contributed by atoms with van der Waals surface area (Å²) < 4.78 is 8.98. The molecule has 7 heteroatoms. The van der Waals surface area contributed by atoms with E-state index in [2.05, 4.69) is 47.4 Å². The van der Waals surface area contributed by atoms with Crippen LogP contribution in [0.4, 0.5) is 5.13 Å². The van der Waals surface area contributed by atoms with Crippen LogP contribution in [0.1, 0.15) is 11.1 Å². The van der Waals surface area contributed by atoms with Crippen molar-refractivity contribution in [2.45, 2.75) is 6.61 Å². The highest BCUT2D eigenvalue weighted by molar-refractivity contribution is 9.11. The number of hydrazone groups is 1. The number of thiazole rings is 1. The molecule has 0 amide bonds. The number of hydrogen-bond acceptors (Lipinski definition) is 5. The van der Waals surface area contributed by atoms with Gasteiger partial charge in [0.25, 0.3) is 0 Å². The minimum absolute atomic E-state index is 0.479. The maximum atomic E-state index is 6.06. The van der Waals surface area contributed by atoms with E-state index in [4.69, 9.17) is 4.74 Å². The number of hydrogen-bond donors (Lipinski definition) is 1. The van der Waals surface area contributed by atoms with Crippen molar-refractivity contribution in [3.63, 3.8) is 0 Å². The SMILES string of the molecule is Brc1cc(Br)c(OCc2ccccc2)c(/C=N/Nc2nc3ccccc3s2)c1. The molecule has 140 valence electrons. The third-order valence-corrected chi connectivity index (χ3v) is 5.91. The van der Waals surface area contributed by atoms with E-state index in [0.717, 1.165) is 41.2 Å². The standard InChI is InChI=1S/C21H15Br2N3OS/c22-16-10-15(12-24-26-21-25-18-8-4-5-9-19(18)28-21)20(17(23)11-16)27-13-14-6-2-1-3-7-14/h1-12H,13H2,(H,25,26)/b24-12+. The highest BCUT2D eigenvalue weighted by Crippen LogP contribution is 2.33. The van der Waals surface area contributed by atoms with Crippen molar-refractivity contribution < 1.29 is 4.74 Å². The van der Waals surface area contributed by atoms with Gasteiger partial charge in [0.05, 0.1) is 20.9 Å². The normalized spacial score (nSPS) is 11.2. The molecular weight excluding hydrogens is 502 g/mol. The summed E-state index contributed by atoms with van der Waals surface area (Å²) in [4.78, 5) is 4.52. The second-order valence-electron chi connectivity index (χ2n) is 5.94. The first-order valence-corrected chi connectivity index (χ1v) is 10.9. The van der Waals surface area contributed by atoms with Crippen molar-refractivity contribution >= 4 is 64.8 Å². The van der Waals surface area contributed by atoms with Crippen LogP contribution in [0.3, 0.4) is 0 Å². The summed E-state index contributed by atoms with van der Waals surface area (Å²) in [6.07, 6.45) is 1.74. The third kappa shape index (κ3) is 4.60. The third-order valence-electron chi connectivity index (χ3n) is 3.92. The van der Waals surface area contributed by atoms with Crippen LogP contribution in [0, 0.1) is 0 Å². The lowest BCUT2D eigenvalue weighted by molar-refractivity contribution is 0.304. The fraction of sp³-hybridized carbons (Fsp3) is 0.0476. The Bertz CT molecular complexity index is 1100. The van der Waals surface area contributed by atoms with Gasteiger partial charge >= 0.3 is 0 Å². The van der Waals surface area contributed by atoms with E-state index in [-0.39, 0.29) is 0 Å². The van der Waals surface area contributed by atoms with Crippen LogP contribution in [0.5, 0.6) is 5.75 Å². The second-order valence-corrected chi connectivity index (χ2v) is 8.74. The van der Waals surface area contributed by atoms with Crippen LogP contribution in [-0.2, 0) is 6.61 Å². The van der Waals surface area contributed by atoms with Crippen molar-refractivity contribution in [3.05, 3.63) is 86.8 Å². The van der Waals surface area contributed by atoms with Crippen molar-refractivity contribution in [1.29, 1.82) is 0 Å². The molecule has 0 aliphatic heterocycles. The van der Waals surface area contributed by atoms with E-state index in [1.165, 1.54) is 0 Å². The fourth-order valence-corrected chi connectivity index (χ4v) is 4.82. The predicted octanol–water partition coefficient (Wildman–Crippen LogP) is 6.85. The largest absolute Gasteiger partial charge is 0.487 e. The number of ether oxygens (including phenoxy) is 1. The molecule has 1 aromatic heterocycles. The van der Waals surface area contributed by atoms with E-state index in [1.807, 2.05) is 66.7 Å². The highest BCUT2D eigenvalue weighted by atomic mass is 79.9. The molecule has 0 saturated carbocycles. The topological polar surface area (TPSA) is 46.5 Å². The molecular formula is C21H15Br2N3OS. The molecule has 28 heavy (non-hydrogen) atoms. The summed E-state index contributed by atoms with van der Waals surface area (Å²) in [5.74, 6) is 0.738. The molecule has 1 heterocycles. The molecule has 0 saturated heterocycles. The number of anilines is 1. The Morgan fingerprint density at radius 1 is 1.04 bits per heavy atom. The monoisotopic (exact) mass is 515 g/mol. The molecule has 0 atom stereocenters. The van der Waals surface area contributed by atoms with E-state index < -0.39 is 0 Å². The van der Waals surface area contributed by atoms with Gasteiger partial charge in [0, 0.05) is 10.0 Å². The van der Waals surface area contributed by atoms with Gasteiger partial charge in [0.2, 0.25) is 5.13 Å². The van der Waals surface area contributed by atoms with Crippen LogP contribution >= 0.6 is 43.2 Å². The molecule has 0 bridgehead atoms. The molecule has 0 unspecified atom stereocenters. The van der Waals surface area contributed by atoms with Crippen LogP contribution in [0.2, 0.25) is 0 Å². The number of benzene rings is 3. The fourth-order valence-electron chi connectivity index (χ4n) is 2.64. The van der Waals surface area contributed by atoms with Gasteiger partial charge in [0.15, 0.2) is 0 Å². The summed E-state index contributed by atoms with van der Waals surface area (Å²) in [6, 6.07) is 22.0. The van der Waals surface area contributed by atoms with E-state index in [0.29, 0.717) is 6.61 Å². The smallest absolute Gasteiger partial charge is 0.204 e. The van der Waals surface area contributed by atoms with E-state index >= 15 is 0 Å². The lowest BCUT2D eigenvalue weighted by atomic mass is 10.2. The zero-order valence-corrected chi connectivity index (χ0v) is 18.6. The molecule has 4 rings (SSSR count). The molecule has 1 N–H and O–H groups in total. The maximum Gasteiger partial charge on any atom is 0.204 e. The Morgan fingerprint density at radius 2 is 1.82 bits per heavy atom. The van der Waals surface area contributed by atoms with Crippen molar-refractivity contribution in [2.24, 2.45) is 5.10 Å². The molecule has 0 fully saturated rings. The van der Waals surface area contributed by atoms with Crippen LogP contribution in [0.25, 0.3) is 10.2 Å². The quantitative estimate of drug-likeness (QED) is 0.225. The zero-order valence-electron chi connectivity index (χ0n) is 14.6. The average Bonchev–Trinajstić information content (AvgIpc) is 3.11. The van der Waals surface area contributed by atoms with Crippen LogP contribution < -0.4 is 10.2 Å². The maximum absolute atomic E-state index is 6.06. The Morgan fingerprint density at radius 3 is 2.64 bits per heavy atom. The second kappa shape index (κ2) is 8.86. The Hall–Kier alpha value is -2.22. The summed E-state index contributed by atoms with van der Waals surface area (Å²) in [7, 11) is 0. The number of nitrogens with zero attached hydrogens (tertiary/aromatic N) is 2. The number of fused-ring (bicyclic) bond motifs is 1. The number of aromatic nitrogens is 1. The molecule has 0 spiro atoms. The lowest BCUT2D eigenvalue weighted by Gasteiger charge is -2.12. The van der Waals surface area contributed by atoms with Crippen molar-refractivity contribution in [3.8, 4) is 5.75 Å². The minimum atomic E-state index is 0.479. The van der Waals surface area contributed by atoms with Gasteiger partial charge in [-0.2, -0.15) is 5.10 Å². The molecule has 4 nitrogen and oxygen atoms in total. The Kier molecular flexibility index (Phi) is 6.04. The first-order chi connectivity index (χ1) is 13.7. The summed E-state index contributed by atoms with van der Waals surface area (Å²) in [5.41, 5.74) is 5.93. The lowest BCUT2D eigenvalue weighted by Crippen LogP contribution is -2.00. The first kappa shape index (κ1) is 19.1. The molecule has 0 radical (unpaired) electrons. The molecule has 0 aliphatic rings. The van der Waals surface area contributed by atoms with Gasteiger partial charge < -0.3 is 4.74 Å². The van der Waals surface area contributed by atoms with E-state index in [9.17, 15) is 0 Å². The van der Waals surface area contributed by atoms with Gasteiger partial charge in [-0.25, -0.2) is 4.98 Å². The Balaban J connectivity index is 1.53. The van der Waals surface area contributed by atoms with Gasteiger partial charge in [-0.15, -0.1) is 0 Å². The number of halogens is 2. The van der Waals surface area contributed by atoms with Crippen LogP contribution in [0.15, 0.2) is 80.8 Å². The van der Waals surface area contributed by atoms with Gasteiger partial charge in [-0.1, -0.05) is 69.7 Å². The highest BCUT2D eigenvalue weighted by Gasteiger charge is 2.10. The zero-order chi connectivity index (χ0) is 19.3. The molecule has 4 aromatic rings. The number of para-hydroxylation sites is 1. The number of nitrogens with one attached hydrogen (secondary N) is 1. The number of rotatable bonds is 6. The minimum Gasteiger partial charge on any atom is -0.487 e. The molecule has 3 aromatic carbocycles. The summed E-state index contributed by atoms with van der Waals surface area (Å²) in [5, 5.41) is 5.10. The average molecular weight is 517 g/mol. The Labute approximate surface area is 183 Å². The van der Waals surface area contributed by atoms with Crippen LogP contribution in [-0.4, -0.2) is 11.2 Å². The predicted molar refractivity (Wildman–Crippen MR) is 123 cm³/mol. The van der Waals surface area contributed by atoms with Gasteiger partial charge in [-0.05, 0) is 45.8 Å².